The van der Waals surface area contributed by atoms with Crippen molar-refractivity contribution in [2.24, 2.45) is 0 Å². The van der Waals surface area contributed by atoms with Gasteiger partial charge in [-0.15, -0.1) is 0 Å². The summed E-state index contributed by atoms with van der Waals surface area (Å²) in [4.78, 5) is 15.8. The number of halogens is 2. The van der Waals surface area contributed by atoms with Crippen LogP contribution in [-0.4, -0.2) is 10.9 Å². The highest BCUT2D eigenvalue weighted by Gasteiger charge is 2.16. The van der Waals surface area contributed by atoms with Crippen molar-refractivity contribution in [1.29, 1.82) is 0 Å². The van der Waals surface area contributed by atoms with Gasteiger partial charge < -0.3 is 10.3 Å². The molecular weight excluding hydrogens is 287 g/mol. The van der Waals surface area contributed by atoms with Crippen molar-refractivity contribution in [1.82, 2.24) is 4.98 Å². The van der Waals surface area contributed by atoms with Crippen LogP contribution in [-0.2, 0) is 6.54 Å². The van der Waals surface area contributed by atoms with Gasteiger partial charge in [0, 0.05) is 28.0 Å². The van der Waals surface area contributed by atoms with Gasteiger partial charge in [-0.3, -0.25) is 4.98 Å². The number of nitrogens with zero attached hydrogens (tertiary/aromatic N) is 1. The smallest absolute Gasteiger partial charge is 0.344 e. The molecule has 1 amide bonds. The summed E-state index contributed by atoms with van der Waals surface area (Å²) in [7, 11) is 0. The molecule has 4 nitrogen and oxygen atoms in total. The molecule has 0 aliphatic carbocycles. The minimum absolute atomic E-state index is 0.0332. The van der Waals surface area contributed by atoms with Crippen molar-refractivity contribution < 1.29 is 9.86 Å². The van der Waals surface area contributed by atoms with Gasteiger partial charge in [0.1, 0.15) is 6.54 Å². The molecule has 98 valence electrons. The Bertz CT molecular complexity index is 570. The number of rotatable bonds is 3. The second-order valence-corrected chi connectivity index (χ2v) is 4.82. The van der Waals surface area contributed by atoms with Crippen LogP contribution < -0.4 is 5.06 Å². The molecule has 1 aromatic heterocycles. The molecule has 1 heterocycles. The number of nitrogens with one attached hydrogen (secondary N) is 1. The average molecular weight is 297 g/mol. The Hall–Kier alpha value is -1.46. The first-order chi connectivity index (χ1) is 9.06. The van der Waals surface area contributed by atoms with Crippen molar-refractivity contribution in [3.05, 3.63) is 69.1 Å². The fraction of sp³-hybridized carbons (Fsp3) is 0.0769. The molecule has 1 unspecified atom stereocenters. The summed E-state index contributed by atoms with van der Waals surface area (Å²) in [6.45, 7) is 0.0332. The lowest BCUT2D eigenvalue weighted by atomic mass is 10.2. The fourth-order valence-corrected chi connectivity index (χ4v) is 2.14. The number of carbonyl (C=O) groups excluding carboxylic acids is 1. The molecular formula is C13H10Cl2N2O2. The summed E-state index contributed by atoms with van der Waals surface area (Å²) in [5.41, 5.74) is 0.943. The van der Waals surface area contributed by atoms with Gasteiger partial charge in [-0.05, 0) is 30.3 Å². The molecule has 0 saturated heterocycles. The van der Waals surface area contributed by atoms with Crippen LogP contribution >= 0.6 is 23.2 Å². The fourth-order valence-electron chi connectivity index (χ4n) is 1.61. The average Bonchev–Trinajstić information content (AvgIpc) is 2.37. The van der Waals surface area contributed by atoms with E-state index >= 15 is 0 Å². The van der Waals surface area contributed by atoms with Crippen molar-refractivity contribution in [3.63, 3.8) is 0 Å². The number of carbonyl (C=O) groups is 1. The molecule has 1 atom stereocenters. The molecule has 2 rings (SSSR count). The zero-order valence-corrected chi connectivity index (χ0v) is 11.3. The van der Waals surface area contributed by atoms with E-state index in [2.05, 4.69) is 4.98 Å². The summed E-state index contributed by atoms with van der Waals surface area (Å²) in [6.07, 6.45) is 3.15. The summed E-state index contributed by atoms with van der Waals surface area (Å²) in [6, 6.07) is 7.75. The first-order valence-electron chi connectivity index (χ1n) is 5.49. The second-order valence-electron chi connectivity index (χ2n) is 3.94. The maximum Gasteiger partial charge on any atom is 0.344 e. The Morgan fingerprint density at radius 1 is 1.16 bits per heavy atom. The first kappa shape index (κ1) is 14.0. The Morgan fingerprint density at radius 2 is 1.74 bits per heavy atom. The van der Waals surface area contributed by atoms with Crippen LogP contribution in [0.5, 0.6) is 0 Å². The van der Waals surface area contributed by atoms with Crippen LogP contribution in [0, 0.1) is 5.21 Å². The van der Waals surface area contributed by atoms with Gasteiger partial charge >= 0.3 is 5.91 Å². The number of hydroxylamine groups is 2. The summed E-state index contributed by atoms with van der Waals surface area (Å²) < 4.78 is 0. The lowest BCUT2D eigenvalue weighted by Crippen LogP contribution is -3.08. The lowest BCUT2D eigenvalue weighted by Gasteiger charge is -2.19. The van der Waals surface area contributed by atoms with E-state index < -0.39 is 11.0 Å². The minimum atomic E-state index is -0.596. The maximum absolute atomic E-state index is 12.0. The standard InChI is InChI=1S/C13H10Cl2N2O2/c14-11-5-10(6-12(15)7-11)13(18)17(19)8-9-1-3-16-4-2-9/h1-7,17H,8H2. The number of hydrogen-bond donors (Lipinski definition) is 1. The highest BCUT2D eigenvalue weighted by atomic mass is 35.5. The van der Waals surface area contributed by atoms with Crippen molar-refractivity contribution in [2.45, 2.75) is 6.54 Å². The molecule has 0 aliphatic rings. The number of amides is 1. The number of aromatic nitrogens is 1. The van der Waals surface area contributed by atoms with E-state index in [-0.39, 0.29) is 12.1 Å². The van der Waals surface area contributed by atoms with E-state index in [0.717, 1.165) is 5.56 Å². The van der Waals surface area contributed by atoms with E-state index in [0.29, 0.717) is 10.0 Å². The molecule has 1 aromatic carbocycles. The molecule has 0 fully saturated rings. The zero-order valence-electron chi connectivity index (χ0n) is 9.77. The summed E-state index contributed by atoms with van der Waals surface area (Å²) in [5, 5.41) is 12.0. The van der Waals surface area contributed by atoms with Crippen LogP contribution in [0.25, 0.3) is 0 Å². The molecule has 0 bridgehead atoms. The predicted octanol–water partition coefficient (Wildman–Crippen LogP) is 2.11. The molecule has 0 radical (unpaired) electrons. The molecule has 6 heteroatoms. The van der Waals surface area contributed by atoms with Crippen LogP contribution in [0.15, 0.2) is 42.7 Å². The molecule has 1 N–H and O–H groups in total. The third-order valence-electron chi connectivity index (χ3n) is 2.49. The van der Waals surface area contributed by atoms with Gasteiger partial charge in [0.2, 0.25) is 0 Å². The van der Waals surface area contributed by atoms with E-state index in [1.54, 1.807) is 24.5 Å². The van der Waals surface area contributed by atoms with Crippen molar-refractivity contribution in [3.8, 4) is 0 Å². The highest BCUT2D eigenvalue weighted by Crippen LogP contribution is 2.18. The largest absolute Gasteiger partial charge is 0.626 e. The third-order valence-corrected chi connectivity index (χ3v) is 2.93. The summed E-state index contributed by atoms with van der Waals surface area (Å²) in [5.74, 6) is -0.596. The van der Waals surface area contributed by atoms with Crippen molar-refractivity contribution >= 4 is 29.1 Å². The maximum atomic E-state index is 12.0. The van der Waals surface area contributed by atoms with E-state index in [4.69, 9.17) is 23.2 Å². The number of benzene rings is 1. The third kappa shape index (κ3) is 3.75. The van der Waals surface area contributed by atoms with Gasteiger partial charge in [0.05, 0.1) is 5.56 Å². The minimum Gasteiger partial charge on any atom is -0.626 e. The van der Waals surface area contributed by atoms with Crippen LogP contribution in [0.4, 0.5) is 0 Å². The Labute approximate surface area is 120 Å². The lowest BCUT2D eigenvalue weighted by molar-refractivity contribution is -0.773. The topological polar surface area (TPSA) is 57.5 Å². The SMILES string of the molecule is O=C(c1cc(Cl)cc(Cl)c1)[NH+]([O-])Cc1ccncc1. The molecule has 0 saturated carbocycles. The van der Waals surface area contributed by atoms with E-state index in [1.165, 1.54) is 18.2 Å². The van der Waals surface area contributed by atoms with Crippen LogP contribution in [0.2, 0.25) is 10.0 Å². The van der Waals surface area contributed by atoms with Gasteiger partial charge in [-0.1, -0.05) is 23.2 Å². The highest BCUT2D eigenvalue weighted by molar-refractivity contribution is 6.35. The van der Waals surface area contributed by atoms with Crippen LogP contribution in [0.1, 0.15) is 15.9 Å². The Morgan fingerprint density at radius 3 is 2.32 bits per heavy atom. The Balaban J connectivity index is 2.15. The quantitative estimate of drug-likeness (QED) is 0.883. The molecule has 19 heavy (non-hydrogen) atoms. The summed E-state index contributed by atoms with van der Waals surface area (Å²) >= 11 is 11.6. The monoisotopic (exact) mass is 296 g/mol. The number of quaternary nitrogens is 1. The van der Waals surface area contributed by atoms with Gasteiger partial charge in [-0.2, -0.15) is 0 Å². The first-order valence-corrected chi connectivity index (χ1v) is 6.24. The number of hydrogen-bond acceptors (Lipinski definition) is 3. The van der Waals surface area contributed by atoms with Gasteiger partial charge in [0.25, 0.3) is 0 Å². The number of pyridine rings is 1. The van der Waals surface area contributed by atoms with Gasteiger partial charge in [-0.25, -0.2) is 4.79 Å². The Kier molecular flexibility index (Phi) is 4.50. The molecule has 2 aromatic rings. The van der Waals surface area contributed by atoms with Crippen molar-refractivity contribution in [2.75, 3.05) is 0 Å². The molecule has 0 aliphatic heterocycles. The molecule has 0 spiro atoms. The predicted molar refractivity (Wildman–Crippen MR) is 73.1 cm³/mol. The van der Waals surface area contributed by atoms with Gasteiger partial charge in [0.15, 0.2) is 0 Å². The second kappa shape index (κ2) is 6.12. The zero-order chi connectivity index (χ0) is 13.8. The van der Waals surface area contributed by atoms with Crippen LogP contribution in [0.3, 0.4) is 0 Å². The van der Waals surface area contributed by atoms with E-state index in [1.807, 2.05) is 0 Å². The normalized spacial score (nSPS) is 12.2. The van der Waals surface area contributed by atoms with E-state index in [9.17, 15) is 10.0 Å².